The molecular weight excluding hydrogens is 266 g/mol. The molecule has 0 radical (unpaired) electrons. The maximum absolute atomic E-state index is 11.6. The van der Waals surface area contributed by atoms with Crippen molar-refractivity contribution < 1.29 is 9.59 Å². The van der Waals surface area contributed by atoms with Gasteiger partial charge in [-0.05, 0) is 24.6 Å². The maximum atomic E-state index is 11.6. The van der Waals surface area contributed by atoms with Crippen LogP contribution >= 0.6 is 0 Å². The molecule has 3 amide bonds. The van der Waals surface area contributed by atoms with Crippen molar-refractivity contribution >= 4 is 17.6 Å². The number of carbonyl (C=O) groups is 2. The summed E-state index contributed by atoms with van der Waals surface area (Å²) in [4.78, 5) is 24.6. The monoisotopic (exact) mass is 287 g/mol. The van der Waals surface area contributed by atoms with Crippen LogP contribution < -0.4 is 10.6 Å². The lowest BCUT2D eigenvalue weighted by molar-refractivity contribution is -0.116. The molecule has 0 fully saturated rings. The van der Waals surface area contributed by atoms with Crippen LogP contribution in [0.5, 0.6) is 0 Å². The van der Waals surface area contributed by atoms with Crippen LogP contribution in [0.4, 0.5) is 10.5 Å². The molecule has 5 heteroatoms. The molecule has 0 aliphatic rings. The molecule has 0 spiro atoms. The first-order chi connectivity index (χ1) is 10.0. The van der Waals surface area contributed by atoms with Crippen LogP contribution in [0.15, 0.2) is 48.6 Å². The van der Waals surface area contributed by atoms with Gasteiger partial charge in [0.1, 0.15) is 0 Å². The normalized spacial score (nSPS) is 10.8. The molecule has 1 aromatic carbocycles. The predicted molar refractivity (Wildman–Crippen MR) is 84.9 cm³/mol. The Morgan fingerprint density at radius 1 is 1.24 bits per heavy atom. The lowest BCUT2D eigenvalue weighted by Gasteiger charge is -2.12. The molecule has 0 bridgehead atoms. The van der Waals surface area contributed by atoms with E-state index in [1.54, 1.807) is 32.3 Å². The van der Waals surface area contributed by atoms with Crippen molar-refractivity contribution in [1.29, 1.82) is 0 Å². The minimum absolute atomic E-state index is 0.157. The number of amides is 3. The van der Waals surface area contributed by atoms with Gasteiger partial charge in [0.25, 0.3) is 0 Å². The second kappa shape index (κ2) is 8.58. The summed E-state index contributed by atoms with van der Waals surface area (Å²) in [5, 5.41) is 5.54. The average Bonchev–Trinajstić information content (AvgIpc) is 2.45. The highest BCUT2D eigenvalue weighted by atomic mass is 16.2. The van der Waals surface area contributed by atoms with Crippen LogP contribution in [0.1, 0.15) is 12.5 Å². The molecular formula is C16H21N3O2. The van der Waals surface area contributed by atoms with Gasteiger partial charge in [-0.1, -0.05) is 30.4 Å². The second-order valence-electron chi connectivity index (χ2n) is 4.63. The molecule has 0 heterocycles. The fourth-order valence-electron chi connectivity index (χ4n) is 1.50. The smallest absolute Gasteiger partial charge is 0.321 e. The Hall–Kier alpha value is -2.56. The first-order valence-electron chi connectivity index (χ1n) is 6.67. The van der Waals surface area contributed by atoms with Crippen molar-refractivity contribution in [2.24, 2.45) is 0 Å². The van der Waals surface area contributed by atoms with Gasteiger partial charge in [0.15, 0.2) is 0 Å². The van der Waals surface area contributed by atoms with Crippen LogP contribution in [0.2, 0.25) is 0 Å². The number of urea groups is 1. The third kappa shape index (κ3) is 6.42. The van der Waals surface area contributed by atoms with Crippen LogP contribution in [0, 0.1) is 0 Å². The van der Waals surface area contributed by atoms with Crippen molar-refractivity contribution in [2.45, 2.75) is 13.5 Å². The molecule has 0 aliphatic carbocycles. The van der Waals surface area contributed by atoms with E-state index in [1.165, 1.54) is 11.0 Å². The summed E-state index contributed by atoms with van der Waals surface area (Å²) in [6.07, 6.45) is 6.79. The molecule has 0 saturated carbocycles. The quantitative estimate of drug-likeness (QED) is 0.646. The third-order valence-electron chi connectivity index (χ3n) is 2.60. The molecule has 0 aromatic heterocycles. The summed E-state index contributed by atoms with van der Waals surface area (Å²) in [6, 6.07) is 7.17. The van der Waals surface area contributed by atoms with Crippen LogP contribution in [0.25, 0.3) is 0 Å². The van der Waals surface area contributed by atoms with Gasteiger partial charge >= 0.3 is 6.03 Å². The number of nitrogens with zero attached hydrogens (tertiary/aromatic N) is 1. The molecule has 5 nitrogen and oxygen atoms in total. The third-order valence-corrected chi connectivity index (χ3v) is 2.60. The Kier molecular flexibility index (Phi) is 6.74. The van der Waals surface area contributed by atoms with Crippen molar-refractivity contribution in [1.82, 2.24) is 10.2 Å². The summed E-state index contributed by atoms with van der Waals surface area (Å²) >= 11 is 0. The molecule has 0 aliphatic heterocycles. The number of rotatable bonds is 5. The second-order valence-corrected chi connectivity index (χ2v) is 4.63. The van der Waals surface area contributed by atoms with Gasteiger partial charge in [-0.3, -0.25) is 4.79 Å². The fraction of sp³-hybridized carbons (Fsp3) is 0.250. The number of hydrogen-bond donors (Lipinski definition) is 2. The number of nitrogens with one attached hydrogen (secondary N) is 2. The fourth-order valence-corrected chi connectivity index (χ4v) is 1.50. The minimum atomic E-state index is -0.189. The Morgan fingerprint density at radius 2 is 2.00 bits per heavy atom. The topological polar surface area (TPSA) is 61.4 Å². The van der Waals surface area contributed by atoms with Crippen molar-refractivity contribution in [3.63, 3.8) is 0 Å². The number of hydrogen-bond acceptors (Lipinski definition) is 2. The van der Waals surface area contributed by atoms with Gasteiger partial charge < -0.3 is 15.5 Å². The lowest BCUT2D eigenvalue weighted by atomic mass is 10.2. The van der Waals surface area contributed by atoms with E-state index in [1.807, 2.05) is 31.2 Å². The van der Waals surface area contributed by atoms with Gasteiger partial charge in [-0.25, -0.2) is 4.79 Å². The highest BCUT2D eigenvalue weighted by Gasteiger charge is 2.04. The summed E-state index contributed by atoms with van der Waals surface area (Å²) in [7, 11) is 3.35. The van der Waals surface area contributed by atoms with E-state index in [9.17, 15) is 9.59 Å². The van der Waals surface area contributed by atoms with E-state index >= 15 is 0 Å². The van der Waals surface area contributed by atoms with Crippen molar-refractivity contribution in [2.75, 3.05) is 19.4 Å². The average molecular weight is 287 g/mol. The Balaban J connectivity index is 2.57. The molecule has 21 heavy (non-hydrogen) atoms. The SMILES string of the molecule is C/C=C/C=C/C(=O)NCc1cccc(NC(=O)N(C)C)c1. The number of allylic oxidation sites excluding steroid dienone is 3. The highest BCUT2D eigenvalue weighted by Crippen LogP contribution is 2.11. The zero-order chi connectivity index (χ0) is 15.7. The van der Waals surface area contributed by atoms with Gasteiger partial charge in [0, 0.05) is 32.4 Å². The molecule has 0 saturated heterocycles. The van der Waals surface area contributed by atoms with Gasteiger partial charge in [0.2, 0.25) is 5.91 Å². The number of anilines is 1. The number of carbonyl (C=O) groups excluding carboxylic acids is 2. The van der Waals surface area contributed by atoms with E-state index < -0.39 is 0 Å². The summed E-state index contributed by atoms with van der Waals surface area (Å²) in [5.74, 6) is -0.157. The van der Waals surface area contributed by atoms with E-state index in [2.05, 4.69) is 10.6 Å². The van der Waals surface area contributed by atoms with E-state index in [4.69, 9.17) is 0 Å². The summed E-state index contributed by atoms with van der Waals surface area (Å²) < 4.78 is 0. The van der Waals surface area contributed by atoms with Crippen LogP contribution in [-0.2, 0) is 11.3 Å². The lowest BCUT2D eigenvalue weighted by Crippen LogP contribution is -2.27. The molecule has 0 unspecified atom stereocenters. The first-order valence-corrected chi connectivity index (χ1v) is 6.67. The largest absolute Gasteiger partial charge is 0.348 e. The van der Waals surface area contributed by atoms with E-state index in [0.717, 1.165) is 5.56 Å². The van der Waals surface area contributed by atoms with Crippen LogP contribution in [-0.4, -0.2) is 30.9 Å². The minimum Gasteiger partial charge on any atom is -0.348 e. The zero-order valence-electron chi connectivity index (χ0n) is 12.6. The zero-order valence-corrected chi connectivity index (χ0v) is 12.6. The molecule has 1 aromatic rings. The Bertz CT molecular complexity index is 548. The summed E-state index contributed by atoms with van der Waals surface area (Å²) in [6.45, 7) is 2.29. The molecule has 0 atom stereocenters. The molecule has 2 N–H and O–H groups in total. The number of benzene rings is 1. The van der Waals surface area contributed by atoms with E-state index in [-0.39, 0.29) is 11.9 Å². The predicted octanol–water partition coefficient (Wildman–Crippen LogP) is 2.53. The Morgan fingerprint density at radius 3 is 2.67 bits per heavy atom. The van der Waals surface area contributed by atoms with Crippen LogP contribution in [0.3, 0.4) is 0 Å². The molecule has 1 rings (SSSR count). The van der Waals surface area contributed by atoms with Crippen molar-refractivity contribution in [3.8, 4) is 0 Å². The Labute approximate surface area is 125 Å². The van der Waals surface area contributed by atoms with Crippen molar-refractivity contribution in [3.05, 3.63) is 54.1 Å². The highest BCUT2D eigenvalue weighted by molar-refractivity contribution is 5.89. The summed E-state index contributed by atoms with van der Waals surface area (Å²) in [5.41, 5.74) is 1.62. The standard InChI is InChI=1S/C16H21N3O2/c1-4-5-6-10-15(20)17-12-13-8-7-9-14(11-13)18-16(21)19(2)3/h4-11H,12H2,1-3H3,(H,17,20)(H,18,21)/b5-4+,10-6+. The van der Waals surface area contributed by atoms with Gasteiger partial charge in [-0.15, -0.1) is 0 Å². The first kappa shape index (κ1) is 16.5. The van der Waals surface area contributed by atoms with Gasteiger partial charge in [-0.2, -0.15) is 0 Å². The maximum Gasteiger partial charge on any atom is 0.321 e. The van der Waals surface area contributed by atoms with E-state index in [0.29, 0.717) is 12.2 Å². The molecule has 112 valence electrons. The van der Waals surface area contributed by atoms with Gasteiger partial charge in [0.05, 0.1) is 0 Å².